The van der Waals surface area contributed by atoms with Crippen molar-refractivity contribution < 1.29 is 23.2 Å². The molecule has 1 aromatic heterocycles. The summed E-state index contributed by atoms with van der Waals surface area (Å²) in [5, 5.41) is 3.75. The first kappa shape index (κ1) is 19.2. The van der Waals surface area contributed by atoms with Crippen molar-refractivity contribution in [3.8, 4) is 5.75 Å². The second-order valence-corrected chi connectivity index (χ2v) is 7.28. The van der Waals surface area contributed by atoms with E-state index in [4.69, 9.17) is 0 Å². The lowest BCUT2D eigenvalue weighted by Gasteiger charge is -2.19. The Morgan fingerprint density at radius 2 is 1.93 bits per heavy atom. The minimum atomic E-state index is -2.87. The summed E-state index contributed by atoms with van der Waals surface area (Å²) in [6, 6.07) is 13.9. The number of carbonyl (C=O) groups excluding carboxylic acids is 1. The van der Waals surface area contributed by atoms with E-state index in [9.17, 15) is 13.6 Å². The molecule has 1 unspecified atom stereocenters. The highest BCUT2D eigenvalue weighted by Crippen LogP contribution is 2.24. The first-order valence-corrected chi connectivity index (χ1v) is 9.26. The Bertz CT molecular complexity index is 882. The van der Waals surface area contributed by atoms with Crippen LogP contribution in [0, 0.1) is 0 Å². The molecule has 3 aromatic rings. The van der Waals surface area contributed by atoms with E-state index in [0.717, 1.165) is 20.1 Å². The molecule has 1 heterocycles. The molecule has 2 aromatic carbocycles. The van der Waals surface area contributed by atoms with Gasteiger partial charge in [0.15, 0.2) is 11.6 Å². The average molecular weight is 392 g/mol. The Balaban J connectivity index is 1.58. The van der Waals surface area contributed by atoms with Crippen LogP contribution in [0.5, 0.6) is 5.75 Å². The summed E-state index contributed by atoms with van der Waals surface area (Å²) in [7, 11) is 1.94. The molecule has 142 valence electrons. The zero-order chi connectivity index (χ0) is 19.4. The lowest BCUT2D eigenvalue weighted by atomic mass is 10.3. The van der Waals surface area contributed by atoms with E-state index in [2.05, 4.69) is 15.0 Å². The maximum absolute atomic E-state index is 12.3. The zero-order valence-corrected chi connectivity index (χ0v) is 15.7. The third-order valence-corrected chi connectivity index (χ3v) is 5.44. The number of ether oxygens (including phenoxy) is 1. The summed E-state index contributed by atoms with van der Waals surface area (Å²) in [6.07, 6.45) is 0. The number of carbonyl (C=O) groups is 1. The average Bonchev–Trinajstić information content (AvgIpc) is 3.06. The quantitative estimate of drug-likeness (QED) is 0.650. The molecule has 0 aliphatic heterocycles. The van der Waals surface area contributed by atoms with Crippen LogP contribution < -0.4 is 15.0 Å². The Labute approximate surface area is 159 Å². The number of hydrogen-bond acceptors (Lipinski definition) is 4. The van der Waals surface area contributed by atoms with Crippen LogP contribution in [0.3, 0.4) is 0 Å². The van der Waals surface area contributed by atoms with Crippen molar-refractivity contribution in [2.75, 3.05) is 18.9 Å². The molecule has 2 atom stereocenters. The summed E-state index contributed by atoms with van der Waals surface area (Å²) in [5.74, 6) is -0.113. The summed E-state index contributed by atoms with van der Waals surface area (Å²) in [5.41, 5.74) is 1.50. The van der Waals surface area contributed by atoms with Crippen molar-refractivity contribution in [1.29, 1.82) is 0 Å². The maximum atomic E-state index is 12.3. The highest BCUT2D eigenvalue weighted by Gasteiger charge is 2.22. The lowest BCUT2D eigenvalue weighted by Crippen LogP contribution is -3.10. The minimum Gasteiger partial charge on any atom is -0.435 e. The SMILES string of the molecule is C[C@@H](c1nc2ccccc2s1)[NH+](C)CC(=O)Nc1ccc(OC(F)F)cc1. The summed E-state index contributed by atoms with van der Waals surface area (Å²) in [4.78, 5) is 17.9. The first-order chi connectivity index (χ1) is 12.9. The second kappa shape index (κ2) is 8.41. The molecule has 0 spiro atoms. The number of para-hydroxylation sites is 1. The number of amides is 1. The van der Waals surface area contributed by atoms with E-state index in [-0.39, 0.29) is 24.2 Å². The van der Waals surface area contributed by atoms with Gasteiger partial charge in [0.1, 0.15) is 11.8 Å². The van der Waals surface area contributed by atoms with Gasteiger partial charge < -0.3 is 15.0 Å². The summed E-state index contributed by atoms with van der Waals surface area (Å²) < 4.78 is 29.7. The molecular weight excluding hydrogens is 372 g/mol. The van der Waals surface area contributed by atoms with Gasteiger partial charge in [0.25, 0.3) is 5.91 Å². The molecule has 0 saturated heterocycles. The van der Waals surface area contributed by atoms with E-state index >= 15 is 0 Å². The van der Waals surface area contributed by atoms with Crippen LogP contribution >= 0.6 is 11.3 Å². The molecule has 0 fully saturated rings. The molecule has 0 bridgehead atoms. The fourth-order valence-corrected chi connectivity index (χ4v) is 3.73. The molecule has 8 heteroatoms. The number of nitrogens with one attached hydrogen (secondary N) is 2. The molecule has 0 aliphatic carbocycles. The van der Waals surface area contributed by atoms with Crippen LogP contribution in [0.2, 0.25) is 0 Å². The van der Waals surface area contributed by atoms with Gasteiger partial charge in [-0.05, 0) is 43.3 Å². The van der Waals surface area contributed by atoms with E-state index in [1.807, 2.05) is 38.2 Å². The van der Waals surface area contributed by atoms with Gasteiger partial charge in [-0.3, -0.25) is 4.79 Å². The predicted octanol–water partition coefficient (Wildman–Crippen LogP) is 3.11. The van der Waals surface area contributed by atoms with Crippen molar-refractivity contribution >= 4 is 33.1 Å². The van der Waals surface area contributed by atoms with Crippen LogP contribution in [-0.2, 0) is 4.79 Å². The number of hydrogen-bond donors (Lipinski definition) is 2. The van der Waals surface area contributed by atoms with Gasteiger partial charge >= 0.3 is 6.61 Å². The number of rotatable bonds is 7. The second-order valence-electron chi connectivity index (χ2n) is 6.22. The third kappa shape index (κ3) is 4.99. The monoisotopic (exact) mass is 392 g/mol. The van der Waals surface area contributed by atoms with Crippen molar-refractivity contribution in [1.82, 2.24) is 4.98 Å². The number of benzene rings is 2. The largest absolute Gasteiger partial charge is 0.435 e. The fourth-order valence-electron chi connectivity index (χ4n) is 2.62. The maximum Gasteiger partial charge on any atom is 0.387 e. The lowest BCUT2D eigenvalue weighted by molar-refractivity contribution is -0.902. The summed E-state index contributed by atoms with van der Waals surface area (Å²) >= 11 is 1.63. The number of likely N-dealkylation sites (N-methyl/N-ethyl adjacent to an activating group) is 1. The van der Waals surface area contributed by atoms with Gasteiger partial charge in [0.2, 0.25) is 0 Å². The first-order valence-electron chi connectivity index (χ1n) is 8.45. The topological polar surface area (TPSA) is 55.7 Å². The summed E-state index contributed by atoms with van der Waals surface area (Å²) in [6.45, 7) is -0.574. The van der Waals surface area contributed by atoms with Crippen molar-refractivity contribution in [2.45, 2.75) is 19.6 Å². The minimum absolute atomic E-state index is 0.0511. The molecule has 3 rings (SSSR count). The number of thiazole rings is 1. The van der Waals surface area contributed by atoms with Crippen molar-refractivity contribution in [3.05, 3.63) is 53.5 Å². The molecule has 0 saturated carbocycles. The van der Waals surface area contributed by atoms with Gasteiger partial charge in [0, 0.05) is 5.69 Å². The number of nitrogens with zero attached hydrogens (tertiary/aromatic N) is 1. The van der Waals surface area contributed by atoms with Crippen LogP contribution in [0.4, 0.5) is 14.5 Å². The van der Waals surface area contributed by atoms with Crippen LogP contribution in [0.15, 0.2) is 48.5 Å². The normalized spacial score (nSPS) is 13.5. The Hall–Kier alpha value is -2.58. The standard InChI is InChI=1S/C19H19F2N3O2S/c1-12(18-23-15-5-3-4-6-16(15)27-18)24(2)11-17(25)22-13-7-9-14(10-8-13)26-19(20)21/h3-10,12,19H,11H2,1-2H3,(H,22,25)/p+1/t12-/m0/s1. The van der Waals surface area contributed by atoms with Crippen LogP contribution in [0.25, 0.3) is 10.2 Å². The van der Waals surface area contributed by atoms with E-state index in [0.29, 0.717) is 5.69 Å². The highest BCUT2D eigenvalue weighted by atomic mass is 32.1. The van der Waals surface area contributed by atoms with Gasteiger partial charge in [-0.1, -0.05) is 12.1 Å². The third-order valence-electron chi connectivity index (χ3n) is 4.22. The number of quaternary nitrogens is 1. The van der Waals surface area contributed by atoms with Crippen molar-refractivity contribution in [2.24, 2.45) is 0 Å². The molecule has 27 heavy (non-hydrogen) atoms. The van der Waals surface area contributed by atoms with Gasteiger partial charge in [0.05, 0.1) is 17.3 Å². The van der Waals surface area contributed by atoms with E-state index in [1.165, 1.54) is 24.3 Å². The number of halogens is 2. The van der Waals surface area contributed by atoms with Crippen LogP contribution in [0.1, 0.15) is 18.0 Å². The number of aromatic nitrogens is 1. The molecule has 5 nitrogen and oxygen atoms in total. The molecule has 1 amide bonds. The zero-order valence-electron chi connectivity index (χ0n) is 14.9. The smallest absolute Gasteiger partial charge is 0.387 e. The molecule has 0 aliphatic rings. The van der Waals surface area contributed by atoms with Gasteiger partial charge in [-0.2, -0.15) is 8.78 Å². The number of anilines is 1. The Morgan fingerprint density at radius 3 is 2.59 bits per heavy atom. The Kier molecular flexibility index (Phi) is 5.98. The van der Waals surface area contributed by atoms with Crippen LogP contribution in [-0.4, -0.2) is 31.1 Å². The van der Waals surface area contributed by atoms with Gasteiger partial charge in [-0.25, -0.2) is 4.98 Å². The number of fused-ring (bicyclic) bond motifs is 1. The molecular formula is C19H20F2N3O2S+. The van der Waals surface area contributed by atoms with E-state index < -0.39 is 6.61 Å². The predicted molar refractivity (Wildman–Crippen MR) is 101 cm³/mol. The molecule has 0 radical (unpaired) electrons. The van der Waals surface area contributed by atoms with Crippen molar-refractivity contribution in [3.63, 3.8) is 0 Å². The van der Waals surface area contributed by atoms with E-state index in [1.54, 1.807) is 11.3 Å². The Morgan fingerprint density at radius 1 is 1.22 bits per heavy atom. The molecule has 2 N–H and O–H groups in total. The van der Waals surface area contributed by atoms with Gasteiger partial charge in [-0.15, -0.1) is 11.3 Å². The number of alkyl halides is 2. The highest BCUT2D eigenvalue weighted by molar-refractivity contribution is 7.18. The fraction of sp³-hybridized carbons (Fsp3) is 0.263.